The van der Waals surface area contributed by atoms with Crippen molar-refractivity contribution >= 4 is 0 Å². The number of aliphatic hydroxyl groups excluding tert-OH is 1. The van der Waals surface area contributed by atoms with Gasteiger partial charge in [-0.05, 0) is 26.4 Å². The smallest absolute Gasteiger partial charge is 0.0593 e. The zero-order chi connectivity index (χ0) is 12.2. The molecule has 0 aromatic carbocycles. The van der Waals surface area contributed by atoms with Crippen molar-refractivity contribution in [3.05, 3.63) is 0 Å². The van der Waals surface area contributed by atoms with E-state index < -0.39 is 0 Å². The minimum atomic E-state index is 0.251. The molecule has 1 atom stereocenters. The van der Waals surface area contributed by atoms with Gasteiger partial charge in [0, 0.05) is 32.3 Å². The second-order valence-corrected chi connectivity index (χ2v) is 3.86. The number of aliphatic hydroxyl groups is 1. The lowest BCUT2D eigenvalue weighted by Gasteiger charge is -2.26. The topological polar surface area (TPSA) is 44.7 Å². The van der Waals surface area contributed by atoms with E-state index in [4.69, 9.17) is 9.84 Å². The molecule has 0 saturated heterocycles. The number of likely N-dealkylation sites (N-methyl/N-ethyl adjacent to an activating group) is 2. The van der Waals surface area contributed by atoms with Crippen LogP contribution >= 0.6 is 0 Å². The largest absolute Gasteiger partial charge is 0.396 e. The highest BCUT2D eigenvalue weighted by atomic mass is 16.5. The molecule has 16 heavy (non-hydrogen) atoms. The summed E-state index contributed by atoms with van der Waals surface area (Å²) in [6.07, 6.45) is 0.818. The van der Waals surface area contributed by atoms with Crippen LogP contribution in [-0.4, -0.2) is 62.0 Å². The first-order chi connectivity index (χ1) is 7.78. The standard InChI is InChI=1S/C12H28N2O2/c1-4-13-12(7-9-15)11-14(5-2)8-10-16-6-3/h12-13,15H,4-11H2,1-3H3. The van der Waals surface area contributed by atoms with Crippen LogP contribution in [0.3, 0.4) is 0 Å². The minimum absolute atomic E-state index is 0.251. The molecule has 0 amide bonds. The molecule has 98 valence electrons. The molecule has 0 spiro atoms. The fourth-order valence-electron chi connectivity index (χ4n) is 1.73. The fraction of sp³-hybridized carbons (Fsp3) is 1.00. The van der Waals surface area contributed by atoms with Crippen LogP contribution in [0.2, 0.25) is 0 Å². The van der Waals surface area contributed by atoms with Gasteiger partial charge in [-0.2, -0.15) is 0 Å². The Bertz CT molecular complexity index is 139. The van der Waals surface area contributed by atoms with Crippen LogP contribution in [0.1, 0.15) is 27.2 Å². The SMILES string of the molecule is CCNC(CCO)CN(CC)CCOCC. The van der Waals surface area contributed by atoms with E-state index in [1.54, 1.807) is 0 Å². The first kappa shape index (κ1) is 15.8. The molecule has 4 heteroatoms. The average Bonchev–Trinajstić information content (AvgIpc) is 2.28. The predicted molar refractivity (Wildman–Crippen MR) is 67.8 cm³/mol. The summed E-state index contributed by atoms with van der Waals surface area (Å²) in [5.74, 6) is 0. The quantitative estimate of drug-likeness (QED) is 0.515. The average molecular weight is 232 g/mol. The van der Waals surface area contributed by atoms with Crippen LogP contribution in [0.4, 0.5) is 0 Å². The monoisotopic (exact) mass is 232 g/mol. The fourth-order valence-corrected chi connectivity index (χ4v) is 1.73. The van der Waals surface area contributed by atoms with Gasteiger partial charge in [0.25, 0.3) is 0 Å². The summed E-state index contributed by atoms with van der Waals surface area (Å²) in [5, 5.41) is 12.4. The molecular formula is C12H28N2O2. The number of hydrogen-bond donors (Lipinski definition) is 2. The van der Waals surface area contributed by atoms with E-state index in [1.807, 2.05) is 6.92 Å². The molecule has 0 aromatic rings. The highest BCUT2D eigenvalue weighted by Crippen LogP contribution is 1.97. The Labute approximate surface area is 100.0 Å². The Morgan fingerprint density at radius 3 is 2.56 bits per heavy atom. The zero-order valence-electron chi connectivity index (χ0n) is 11.0. The number of ether oxygens (including phenoxy) is 1. The van der Waals surface area contributed by atoms with Crippen molar-refractivity contribution in [1.29, 1.82) is 0 Å². The van der Waals surface area contributed by atoms with E-state index in [0.717, 1.165) is 45.8 Å². The van der Waals surface area contributed by atoms with Gasteiger partial charge in [0.15, 0.2) is 0 Å². The molecule has 0 saturated carbocycles. The lowest BCUT2D eigenvalue weighted by Crippen LogP contribution is -2.42. The van der Waals surface area contributed by atoms with Gasteiger partial charge >= 0.3 is 0 Å². The molecule has 0 heterocycles. The molecule has 0 aliphatic heterocycles. The van der Waals surface area contributed by atoms with Gasteiger partial charge in [0.1, 0.15) is 0 Å². The van der Waals surface area contributed by atoms with E-state index >= 15 is 0 Å². The molecule has 0 aliphatic carbocycles. The summed E-state index contributed by atoms with van der Waals surface area (Å²) >= 11 is 0. The molecule has 1 unspecified atom stereocenters. The molecule has 0 aromatic heterocycles. The van der Waals surface area contributed by atoms with E-state index in [1.165, 1.54) is 0 Å². The van der Waals surface area contributed by atoms with Crippen molar-refractivity contribution in [3.63, 3.8) is 0 Å². The third-order valence-corrected chi connectivity index (χ3v) is 2.65. The summed E-state index contributed by atoms with van der Waals surface area (Å²) in [6.45, 7) is 12.0. The Hall–Kier alpha value is -0.160. The van der Waals surface area contributed by atoms with Crippen LogP contribution in [0.15, 0.2) is 0 Å². The Balaban J connectivity index is 3.84. The number of hydrogen-bond acceptors (Lipinski definition) is 4. The summed E-state index contributed by atoms with van der Waals surface area (Å²) in [6, 6.07) is 0.386. The number of rotatable bonds is 11. The van der Waals surface area contributed by atoms with Gasteiger partial charge in [0.05, 0.1) is 6.61 Å². The normalized spacial score (nSPS) is 13.3. The summed E-state index contributed by atoms with van der Waals surface area (Å²) in [4.78, 5) is 2.36. The Morgan fingerprint density at radius 2 is 2.06 bits per heavy atom. The van der Waals surface area contributed by atoms with Gasteiger partial charge < -0.3 is 15.2 Å². The Morgan fingerprint density at radius 1 is 1.31 bits per heavy atom. The first-order valence-corrected chi connectivity index (χ1v) is 6.42. The van der Waals surface area contributed by atoms with Gasteiger partial charge in [-0.3, -0.25) is 4.90 Å². The van der Waals surface area contributed by atoms with Gasteiger partial charge in [-0.1, -0.05) is 13.8 Å². The first-order valence-electron chi connectivity index (χ1n) is 6.42. The maximum atomic E-state index is 8.98. The third kappa shape index (κ3) is 8.05. The summed E-state index contributed by atoms with van der Waals surface area (Å²) < 4.78 is 5.36. The maximum absolute atomic E-state index is 8.98. The van der Waals surface area contributed by atoms with Crippen molar-refractivity contribution in [2.45, 2.75) is 33.2 Å². The molecule has 4 nitrogen and oxygen atoms in total. The number of nitrogens with one attached hydrogen (secondary N) is 1. The van der Waals surface area contributed by atoms with Crippen molar-refractivity contribution in [3.8, 4) is 0 Å². The lowest BCUT2D eigenvalue weighted by molar-refractivity contribution is 0.109. The molecular weight excluding hydrogens is 204 g/mol. The van der Waals surface area contributed by atoms with Crippen LogP contribution in [0, 0.1) is 0 Å². The van der Waals surface area contributed by atoms with E-state index in [0.29, 0.717) is 6.04 Å². The van der Waals surface area contributed by atoms with Crippen molar-refractivity contribution in [2.24, 2.45) is 0 Å². The van der Waals surface area contributed by atoms with Crippen molar-refractivity contribution in [2.75, 3.05) is 46.0 Å². The predicted octanol–water partition coefficient (Wildman–Crippen LogP) is 0.705. The van der Waals surface area contributed by atoms with Crippen LogP contribution in [0.5, 0.6) is 0 Å². The van der Waals surface area contributed by atoms with Crippen molar-refractivity contribution < 1.29 is 9.84 Å². The number of nitrogens with zero attached hydrogens (tertiary/aromatic N) is 1. The zero-order valence-corrected chi connectivity index (χ0v) is 11.0. The minimum Gasteiger partial charge on any atom is -0.396 e. The third-order valence-electron chi connectivity index (χ3n) is 2.65. The van der Waals surface area contributed by atoms with Crippen LogP contribution < -0.4 is 5.32 Å². The lowest BCUT2D eigenvalue weighted by atomic mass is 10.2. The molecule has 0 rings (SSSR count). The molecule has 0 bridgehead atoms. The molecule has 2 N–H and O–H groups in total. The van der Waals surface area contributed by atoms with Gasteiger partial charge in [-0.15, -0.1) is 0 Å². The van der Waals surface area contributed by atoms with Gasteiger partial charge in [-0.25, -0.2) is 0 Å². The van der Waals surface area contributed by atoms with E-state index in [-0.39, 0.29) is 6.61 Å². The molecule has 0 radical (unpaired) electrons. The van der Waals surface area contributed by atoms with Crippen molar-refractivity contribution in [1.82, 2.24) is 10.2 Å². The maximum Gasteiger partial charge on any atom is 0.0593 e. The molecule has 0 fully saturated rings. The molecule has 0 aliphatic rings. The van der Waals surface area contributed by atoms with Crippen LogP contribution in [-0.2, 0) is 4.74 Å². The highest BCUT2D eigenvalue weighted by Gasteiger charge is 2.11. The highest BCUT2D eigenvalue weighted by molar-refractivity contribution is 4.71. The van der Waals surface area contributed by atoms with E-state index in [2.05, 4.69) is 24.1 Å². The second kappa shape index (κ2) is 11.3. The Kier molecular flexibility index (Phi) is 11.2. The van der Waals surface area contributed by atoms with Gasteiger partial charge in [0.2, 0.25) is 0 Å². The second-order valence-electron chi connectivity index (χ2n) is 3.86. The van der Waals surface area contributed by atoms with E-state index in [9.17, 15) is 0 Å². The summed E-state index contributed by atoms with van der Waals surface area (Å²) in [5.41, 5.74) is 0. The van der Waals surface area contributed by atoms with Crippen LogP contribution in [0.25, 0.3) is 0 Å². The summed E-state index contributed by atoms with van der Waals surface area (Å²) in [7, 11) is 0.